The molecule has 5 nitrogen and oxygen atoms in total. The number of nitrogens with one attached hydrogen (secondary N) is 1. The van der Waals surface area contributed by atoms with E-state index in [9.17, 15) is 9.59 Å². The van der Waals surface area contributed by atoms with Crippen LogP contribution in [0.4, 0.5) is 0 Å². The van der Waals surface area contributed by atoms with Crippen LogP contribution in [0.25, 0.3) is 0 Å². The van der Waals surface area contributed by atoms with Crippen LogP contribution in [0.2, 0.25) is 10.0 Å². The highest BCUT2D eigenvalue weighted by atomic mass is 35.5. The van der Waals surface area contributed by atoms with Crippen LogP contribution >= 0.6 is 23.2 Å². The summed E-state index contributed by atoms with van der Waals surface area (Å²) >= 11 is 12.3. The predicted molar refractivity (Wildman–Crippen MR) is 135 cm³/mol. The minimum absolute atomic E-state index is 0.00797. The summed E-state index contributed by atoms with van der Waals surface area (Å²) in [6.45, 7) is 12.0. The van der Waals surface area contributed by atoms with Crippen molar-refractivity contribution in [3.63, 3.8) is 0 Å². The van der Waals surface area contributed by atoms with E-state index in [1.165, 1.54) is 10.5 Å². The Labute approximate surface area is 207 Å². The first-order chi connectivity index (χ1) is 15.4. The summed E-state index contributed by atoms with van der Waals surface area (Å²) in [6, 6.07) is 12.1. The third kappa shape index (κ3) is 7.94. The molecule has 2 amide bonds. The summed E-state index contributed by atoms with van der Waals surface area (Å²) < 4.78 is 5.76. The maximum Gasteiger partial charge on any atom is 0.261 e. The molecule has 2 aromatic carbocycles. The molecule has 180 valence electrons. The van der Waals surface area contributed by atoms with Gasteiger partial charge < -0.3 is 15.0 Å². The molecule has 7 heteroatoms. The smallest absolute Gasteiger partial charge is 0.261 e. The van der Waals surface area contributed by atoms with Crippen molar-refractivity contribution in [2.45, 2.75) is 72.0 Å². The van der Waals surface area contributed by atoms with Gasteiger partial charge in [0.25, 0.3) is 5.91 Å². The SMILES string of the molecule is CC[C@H](C)NC(=O)[C@H](C)N(Cc1ccc(Cl)cc1Cl)C(=O)COc1ccc(C(C)(C)C)cc1. The average Bonchev–Trinajstić information content (AvgIpc) is 2.76. The maximum atomic E-state index is 13.2. The molecular formula is C26H34Cl2N2O3. The van der Waals surface area contributed by atoms with Crippen LogP contribution in [0, 0.1) is 0 Å². The van der Waals surface area contributed by atoms with E-state index < -0.39 is 6.04 Å². The number of hydrogen-bond acceptors (Lipinski definition) is 3. The molecule has 0 bridgehead atoms. The normalized spacial score (nSPS) is 13.2. The molecule has 0 spiro atoms. The molecule has 0 heterocycles. The van der Waals surface area contributed by atoms with E-state index >= 15 is 0 Å². The van der Waals surface area contributed by atoms with Crippen LogP contribution in [0.15, 0.2) is 42.5 Å². The van der Waals surface area contributed by atoms with Gasteiger partial charge in [-0.3, -0.25) is 9.59 Å². The van der Waals surface area contributed by atoms with Gasteiger partial charge in [-0.1, -0.05) is 69.1 Å². The number of ether oxygens (including phenoxy) is 1. The maximum absolute atomic E-state index is 13.2. The lowest BCUT2D eigenvalue weighted by molar-refractivity contribution is -0.142. The topological polar surface area (TPSA) is 58.6 Å². The Morgan fingerprint density at radius 2 is 1.70 bits per heavy atom. The number of amides is 2. The van der Waals surface area contributed by atoms with Crippen molar-refractivity contribution < 1.29 is 14.3 Å². The second-order valence-electron chi connectivity index (χ2n) is 9.31. The summed E-state index contributed by atoms with van der Waals surface area (Å²) in [6.07, 6.45) is 0.795. The van der Waals surface area contributed by atoms with Crippen LogP contribution in [0.3, 0.4) is 0 Å². The largest absolute Gasteiger partial charge is 0.484 e. The number of halogens is 2. The van der Waals surface area contributed by atoms with Crippen molar-refractivity contribution in [1.29, 1.82) is 0 Å². The van der Waals surface area contributed by atoms with Crippen molar-refractivity contribution in [3.05, 3.63) is 63.6 Å². The van der Waals surface area contributed by atoms with Crippen molar-refractivity contribution in [2.75, 3.05) is 6.61 Å². The summed E-state index contributed by atoms with van der Waals surface area (Å²) in [7, 11) is 0. The molecule has 1 N–H and O–H groups in total. The predicted octanol–water partition coefficient (Wildman–Crippen LogP) is 6.00. The highest BCUT2D eigenvalue weighted by Crippen LogP contribution is 2.25. The molecule has 0 unspecified atom stereocenters. The van der Waals surface area contributed by atoms with Gasteiger partial charge in [0.1, 0.15) is 11.8 Å². The number of carbonyl (C=O) groups is 2. The molecular weight excluding hydrogens is 459 g/mol. The average molecular weight is 493 g/mol. The summed E-state index contributed by atoms with van der Waals surface area (Å²) in [5.41, 5.74) is 1.91. The molecule has 0 fully saturated rings. The Bertz CT molecular complexity index is 955. The summed E-state index contributed by atoms with van der Waals surface area (Å²) in [5, 5.41) is 3.88. The zero-order valence-electron chi connectivity index (χ0n) is 20.2. The molecule has 0 aromatic heterocycles. The van der Waals surface area contributed by atoms with Gasteiger partial charge >= 0.3 is 0 Å². The second-order valence-corrected chi connectivity index (χ2v) is 10.2. The number of nitrogens with zero attached hydrogens (tertiary/aromatic N) is 1. The lowest BCUT2D eigenvalue weighted by Gasteiger charge is -2.30. The quantitative estimate of drug-likeness (QED) is 0.466. The van der Waals surface area contributed by atoms with Crippen LogP contribution in [-0.2, 0) is 21.5 Å². The van der Waals surface area contributed by atoms with E-state index in [1.807, 2.05) is 38.1 Å². The molecule has 2 rings (SSSR count). The Balaban J connectivity index is 2.18. The van der Waals surface area contributed by atoms with Gasteiger partial charge in [-0.05, 0) is 61.1 Å². The van der Waals surface area contributed by atoms with Crippen molar-refractivity contribution in [2.24, 2.45) is 0 Å². The van der Waals surface area contributed by atoms with Crippen LogP contribution in [-0.4, -0.2) is 35.4 Å². The van der Waals surface area contributed by atoms with E-state index in [0.29, 0.717) is 21.4 Å². The Morgan fingerprint density at radius 3 is 2.24 bits per heavy atom. The van der Waals surface area contributed by atoms with E-state index in [4.69, 9.17) is 27.9 Å². The first-order valence-corrected chi connectivity index (χ1v) is 11.9. The van der Waals surface area contributed by atoms with Crippen molar-refractivity contribution in [1.82, 2.24) is 10.2 Å². The van der Waals surface area contributed by atoms with E-state index in [1.54, 1.807) is 25.1 Å². The van der Waals surface area contributed by atoms with E-state index in [-0.39, 0.29) is 36.4 Å². The lowest BCUT2D eigenvalue weighted by atomic mass is 9.87. The van der Waals surface area contributed by atoms with Gasteiger partial charge in [-0.15, -0.1) is 0 Å². The lowest BCUT2D eigenvalue weighted by Crippen LogP contribution is -2.50. The van der Waals surface area contributed by atoms with Gasteiger partial charge in [0.05, 0.1) is 0 Å². The molecule has 0 saturated heterocycles. The molecule has 0 saturated carbocycles. The standard InChI is InChI=1S/C26H34Cl2N2O3/c1-7-17(2)29-25(32)18(3)30(15-19-8-11-21(27)14-23(19)28)24(31)16-33-22-12-9-20(10-13-22)26(4,5)6/h8-14,17-18H,7,15-16H2,1-6H3,(H,29,32)/t17-,18-/m0/s1. The minimum atomic E-state index is -0.704. The fraction of sp³-hybridized carbons (Fsp3) is 0.462. The van der Waals surface area contributed by atoms with Crippen molar-refractivity contribution >= 4 is 35.0 Å². The monoisotopic (exact) mass is 492 g/mol. The minimum Gasteiger partial charge on any atom is -0.484 e. The third-order valence-corrected chi connectivity index (χ3v) is 6.19. The van der Waals surface area contributed by atoms with Gasteiger partial charge in [0.15, 0.2) is 6.61 Å². The molecule has 2 aromatic rings. The molecule has 33 heavy (non-hydrogen) atoms. The molecule has 0 radical (unpaired) electrons. The van der Waals surface area contributed by atoms with Crippen LogP contribution < -0.4 is 10.1 Å². The Hall–Kier alpha value is -2.24. The number of hydrogen-bond donors (Lipinski definition) is 1. The molecule has 2 atom stereocenters. The van der Waals surface area contributed by atoms with Crippen LogP contribution in [0.5, 0.6) is 5.75 Å². The van der Waals surface area contributed by atoms with Crippen molar-refractivity contribution in [3.8, 4) is 5.75 Å². The summed E-state index contributed by atoms with van der Waals surface area (Å²) in [4.78, 5) is 27.5. The van der Waals surface area contributed by atoms with Gasteiger partial charge in [0.2, 0.25) is 5.91 Å². The molecule has 0 aliphatic carbocycles. The van der Waals surface area contributed by atoms with E-state index in [0.717, 1.165) is 6.42 Å². The first kappa shape index (κ1) is 27.0. The zero-order valence-corrected chi connectivity index (χ0v) is 21.8. The molecule has 0 aliphatic rings. The highest BCUT2D eigenvalue weighted by Gasteiger charge is 2.28. The highest BCUT2D eigenvalue weighted by molar-refractivity contribution is 6.35. The molecule has 0 aliphatic heterocycles. The van der Waals surface area contributed by atoms with Crippen LogP contribution in [0.1, 0.15) is 59.1 Å². The third-order valence-electron chi connectivity index (χ3n) is 5.61. The Kier molecular flexibility index (Phi) is 9.62. The number of benzene rings is 2. The van der Waals surface area contributed by atoms with Gasteiger partial charge in [0, 0.05) is 22.6 Å². The fourth-order valence-electron chi connectivity index (χ4n) is 3.16. The Morgan fingerprint density at radius 1 is 1.06 bits per heavy atom. The second kappa shape index (κ2) is 11.8. The summed E-state index contributed by atoms with van der Waals surface area (Å²) in [5.74, 6) is 0.0579. The fourth-order valence-corrected chi connectivity index (χ4v) is 3.63. The number of carbonyl (C=O) groups excluding carboxylic acids is 2. The van der Waals surface area contributed by atoms with Gasteiger partial charge in [-0.2, -0.15) is 0 Å². The number of rotatable bonds is 9. The van der Waals surface area contributed by atoms with E-state index in [2.05, 4.69) is 26.1 Å². The zero-order chi connectivity index (χ0) is 24.8. The first-order valence-electron chi connectivity index (χ1n) is 11.2. The van der Waals surface area contributed by atoms with Gasteiger partial charge in [-0.25, -0.2) is 0 Å².